The number of nitrogens with zero attached hydrogens (tertiary/aromatic N) is 2. The van der Waals surface area contributed by atoms with Crippen LogP contribution in [0.5, 0.6) is 0 Å². The standard InChI is InChI=1S/C17H16ClN3O3/c18-13-8-20-21(10-13)11-14-6-7-16(24-14)17(23)19-9-15(22)12-4-2-1-3-5-12/h1-8,10,15,22H,9,11H2,(H,19,23)/t15-/m0/s1. The fraction of sp³-hybridized carbons (Fsp3) is 0.176. The molecule has 3 rings (SSSR count). The predicted octanol–water partition coefficient (Wildman–Crippen LogP) is 2.64. The summed E-state index contributed by atoms with van der Waals surface area (Å²) < 4.78 is 7.11. The molecule has 0 bridgehead atoms. The summed E-state index contributed by atoms with van der Waals surface area (Å²) in [6.45, 7) is 0.486. The molecule has 124 valence electrons. The lowest BCUT2D eigenvalue weighted by Gasteiger charge is -2.11. The smallest absolute Gasteiger partial charge is 0.287 e. The molecule has 0 radical (unpaired) electrons. The molecule has 0 saturated heterocycles. The molecule has 24 heavy (non-hydrogen) atoms. The summed E-state index contributed by atoms with van der Waals surface area (Å²) >= 11 is 5.80. The van der Waals surface area contributed by atoms with Gasteiger partial charge in [0.05, 0.1) is 23.9 Å². The molecule has 1 aromatic carbocycles. The molecule has 0 spiro atoms. The lowest BCUT2D eigenvalue weighted by atomic mass is 10.1. The van der Waals surface area contributed by atoms with Crippen LogP contribution < -0.4 is 5.32 Å². The summed E-state index contributed by atoms with van der Waals surface area (Å²) in [6.07, 6.45) is 2.43. The maximum atomic E-state index is 12.1. The van der Waals surface area contributed by atoms with E-state index in [2.05, 4.69) is 10.4 Å². The van der Waals surface area contributed by atoms with Crippen LogP contribution in [0.2, 0.25) is 5.02 Å². The van der Waals surface area contributed by atoms with Crippen molar-refractivity contribution >= 4 is 17.5 Å². The molecule has 6 nitrogen and oxygen atoms in total. The van der Waals surface area contributed by atoms with Crippen molar-refractivity contribution in [1.82, 2.24) is 15.1 Å². The maximum Gasteiger partial charge on any atom is 0.287 e. The van der Waals surface area contributed by atoms with Gasteiger partial charge in [-0.2, -0.15) is 5.10 Å². The number of carbonyl (C=O) groups excluding carboxylic acids is 1. The molecule has 0 aliphatic carbocycles. The second kappa shape index (κ2) is 7.33. The minimum absolute atomic E-state index is 0.105. The van der Waals surface area contributed by atoms with Crippen LogP contribution >= 0.6 is 11.6 Å². The molecule has 3 aromatic rings. The third-order valence-electron chi connectivity index (χ3n) is 3.45. The fourth-order valence-electron chi connectivity index (χ4n) is 2.24. The van der Waals surface area contributed by atoms with Crippen LogP contribution in [-0.2, 0) is 6.54 Å². The highest BCUT2D eigenvalue weighted by atomic mass is 35.5. The van der Waals surface area contributed by atoms with Gasteiger partial charge in [-0.15, -0.1) is 0 Å². The summed E-state index contributed by atoms with van der Waals surface area (Å²) in [5, 5.41) is 17.3. The van der Waals surface area contributed by atoms with Crippen LogP contribution in [0.3, 0.4) is 0 Å². The zero-order chi connectivity index (χ0) is 16.9. The second-order valence-electron chi connectivity index (χ2n) is 5.26. The van der Waals surface area contributed by atoms with E-state index in [1.165, 1.54) is 6.20 Å². The molecule has 0 fully saturated rings. The minimum Gasteiger partial charge on any atom is -0.454 e. The monoisotopic (exact) mass is 345 g/mol. The Labute approximate surface area is 143 Å². The Morgan fingerprint density at radius 3 is 2.79 bits per heavy atom. The first-order valence-electron chi connectivity index (χ1n) is 7.39. The van der Waals surface area contributed by atoms with Gasteiger partial charge in [0.15, 0.2) is 5.76 Å². The number of carbonyl (C=O) groups is 1. The van der Waals surface area contributed by atoms with Crippen LogP contribution in [0.25, 0.3) is 0 Å². The quantitative estimate of drug-likeness (QED) is 0.719. The van der Waals surface area contributed by atoms with Gasteiger partial charge in [-0.25, -0.2) is 0 Å². The van der Waals surface area contributed by atoms with Crippen molar-refractivity contribution < 1.29 is 14.3 Å². The van der Waals surface area contributed by atoms with Gasteiger partial charge < -0.3 is 14.8 Å². The van der Waals surface area contributed by atoms with E-state index in [1.807, 2.05) is 18.2 Å². The fourth-order valence-corrected chi connectivity index (χ4v) is 2.40. The molecular weight excluding hydrogens is 330 g/mol. The van der Waals surface area contributed by atoms with E-state index in [0.29, 0.717) is 17.3 Å². The molecule has 0 aliphatic rings. The maximum absolute atomic E-state index is 12.1. The topological polar surface area (TPSA) is 80.3 Å². The van der Waals surface area contributed by atoms with E-state index < -0.39 is 6.10 Å². The van der Waals surface area contributed by atoms with Gasteiger partial charge >= 0.3 is 0 Å². The Kier molecular flexibility index (Phi) is 4.98. The Morgan fingerprint density at radius 2 is 2.08 bits per heavy atom. The molecule has 0 saturated carbocycles. The Bertz CT molecular complexity index is 813. The van der Waals surface area contributed by atoms with E-state index in [0.717, 1.165) is 5.56 Å². The Morgan fingerprint density at radius 1 is 1.29 bits per heavy atom. The highest BCUT2D eigenvalue weighted by Crippen LogP contribution is 2.13. The number of aliphatic hydroxyl groups is 1. The SMILES string of the molecule is O=C(NC[C@H](O)c1ccccc1)c1ccc(Cn2cc(Cl)cn2)o1. The zero-order valence-electron chi connectivity index (χ0n) is 12.7. The molecule has 0 aliphatic heterocycles. The lowest BCUT2D eigenvalue weighted by molar-refractivity contribution is 0.0887. The minimum atomic E-state index is -0.768. The first-order valence-corrected chi connectivity index (χ1v) is 7.77. The average Bonchev–Trinajstić information content (AvgIpc) is 3.22. The zero-order valence-corrected chi connectivity index (χ0v) is 13.5. The Hall–Kier alpha value is -2.57. The van der Waals surface area contributed by atoms with Crippen LogP contribution in [0.1, 0.15) is 28.0 Å². The largest absolute Gasteiger partial charge is 0.454 e. The van der Waals surface area contributed by atoms with Gasteiger partial charge in [0.25, 0.3) is 5.91 Å². The van der Waals surface area contributed by atoms with Gasteiger partial charge in [-0.05, 0) is 17.7 Å². The van der Waals surface area contributed by atoms with Crippen molar-refractivity contribution in [2.45, 2.75) is 12.6 Å². The van der Waals surface area contributed by atoms with E-state index in [-0.39, 0.29) is 18.2 Å². The van der Waals surface area contributed by atoms with Crippen molar-refractivity contribution in [1.29, 1.82) is 0 Å². The van der Waals surface area contributed by atoms with Gasteiger partial charge in [-0.1, -0.05) is 41.9 Å². The number of benzene rings is 1. The van der Waals surface area contributed by atoms with Gasteiger partial charge in [0, 0.05) is 12.7 Å². The number of aliphatic hydroxyl groups excluding tert-OH is 1. The first-order chi connectivity index (χ1) is 11.6. The molecule has 2 heterocycles. The number of hydrogen-bond donors (Lipinski definition) is 2. The van der Waals surface area contributed by atoms with Crippen molar-refractivity contribution in [3.05, 3.63) is 77.0 Å². The van der Waals surface area contributed by atoms with E-state index in [1.54, 1.807) is 35.1 Å². The number of rotatable bonds is 6. The molecule has 7 heteroatoms. The third-order valence-corrected chi connectivity index (χ3v) is 3.64. The van der Waals surface area contributed by atoms with Gasteiger partial charge in [0.1, 0.15) is 5.76 Å². The number of halogens is 1. The molecule has 2 aromatic heterocycles. The number of aromatic nitrogens is 2. The van der Waals surface area contributed by atoms with E-state index in [4.69, 9.17) is 16.0 Å². The van der Waals surface area contributed by atoms with Crippen LogP contribution in [0, 0.1) is 0 Å². The highest BCUT2D eigenvalue weighted by Gasteiger charge is 2.14. The molecular formula is C17H16ClN3O3. The van der Waals surface area contributed by atoms with Crippen molar-refractivity contribution in [3.63, 3.8) is 0 Å². The summed E-state index contributed by atoms with van der Waals surface area (Å²) in [4.78, 5) is 12.1. The highest BCUT2D eigenvalue weighted by molar-refractivity contribution is 6.30. The summed E-state index contributed by atoms with van der Waals surface area (Å²) in [7, 11) is 0. The first kappa shape index (κ1) is 16.3. The molecule has 1 atom stereocenters. The third kappa shape index (κ3) is 4.04. The Balaban J connectivity index is 1.56. The molecule has 1 amide bonds. The number of nitrogens with one attached hydrogen (secondary N) is 1. The summed E-state index contributed by atoms with van der Waals surface area (Å²) in [6, 6.07) is 12.4. The van der Waals surface area contributed by atoms with Crippen molar-refractivity contribution in [3.8, 4) is 0 Å². The lowest BCUT2D eigenvalue weighted by Crippen LogP contribution is -2.28. The van der Waals surface area contributed by atoms with Crippen LogP contribution in [0.15, 0.2) is 59.3 Å². The summed E-state index contributed by atoms with van der Waals surface area (Å²) in [5.41, 5.74) is 0.744. The second-order valence-corrected chi connectivity index (χ2v) is 5.70. The van der Waals surface area contributed by atoms with Crippen molar-refractivity contribution in [2.75, 3.05) is 6.54 Å². The van der Waals surface area contributed by atoms with E-state index >= 15 is 0 Å². The predicted molar refractivity (Wildman–Crippen MR) is 88.8 cm³/mol. The average molecular weight is 346 g/mol. The molecule has 2 N–H and O–H groups in total. The van der Waals surface area contributed by atoms with Gasteiger partial charge in [-0.3, -0.25) is 9.48 Å². The number of hydrogen-bond acceptors (Lipinski definition) is 4. The van der Waals surface area contributed by atoms with Crippen LogP contribution in [-0.4, -0.2) is 27.3 Å². The normalized spacial score (nSPS) is 12.1. The summed E-state index contributed by atoms with van der Waals surface area (Å²) in [5.74, 6) is 0.391. The number of amides is 1. The van der Waals surface area contributed by atoms with E-state index in [9.17, 15) is 9.90 Å². The number of furan rings is 1. The molecule has 0 unspecified atom stereocenters. The van der Waals surface area contributed by atoms with Gasteiger partial charge in [0.2, 0.25) is 0 Å². The van der Waals surface area contributed by atoms with Crippen LogP contribution in [0.4, 0.5) is 0 Å². The van der Waals surface area contributed by atoms with Crippen molar-refractivity contribution in [2.24, 2.45) is 0 Å².